The van der Waals surface area contributed by atoms with Crippen LogP contribution in [0, 0.1) is 5.92 Å². The summed E-state index contributed by atoms with van der Waals surface area (Å²) in [6, 6.07) is 1.15. The molecule has 0 radical (unpaired) electrons. The van der Waals surface area contributed by atoms with Crippen molar-refractivity contribution in [2.45, 2.75) is 50.6 Å². The highest BCUT2D eigenvalue weighted by molar-refractivity contribution is 4.89. The van der Waals surface area contributed by atoms with Crippen LogP contribution in [0.4, 0.5) is 0 Å². The molecule has 1 saturated carbocycles. The van der Waals surface area contributed by atoms with Crippen LogP contribution in [0.5, 0.6) is 0 Å². The van der Waals surface area contributed by atoms with E-state index in [1.165, 1.54) is 38.6 Å². The maximum Gasteiger partial charge on any atom is 0.0585 e. The zero-order valence-electron chi connectivity index (χ0n) is 10.5. The van der Waals surface area contributed by atoms with Gasteiger partial charge < -0.3 is 15.3 Å². The Morgan fingerprint density at radius 3 is 2.88 bits per heavy atom. The van der Waals surface area contributed by atoms with Gasteiger partial charge in [0.1, 0.15) is 0 Å². The molecule has 0 amide bonds. The Morgan fingerprint density at radius 1 is 1.31 bits per heavy atom. The molecule has 0 aromatic carbocycles. The first-order chi connectivity index (χ1) is 7.85. The van der Waals surface area contributed by atoms with Gasteiger partial charge in [-0.3, -0.25) is 0 Å². The summed E-state index contributed by atoms with van der Waals surface area (Å²) >= 11 is 0. The number of rotatable bonds is 5. The van der Waals surface area contributed by atoms with Crippen LogP contribution < -0.4 is 5.32 Å². The summed E-state index contributed by atoms with van der Waals surface area (Å²) in [6.07, 6.45) is 8.21. The molecule has 1 saturated heterocycles. The minimum atomic E-state index is 0.262. The Kier molecular flexibility index (Phi) is 4.62. The summed E-state index contributed by atoms with van der Waals surface area (Å²) < 4.78 is 0. The summed E-state index contributed by atoms with van der Waals surface area (Å²) in [7, 11) is 1.94. The predicted molar refractivity (Wildman–Crippen MR) is 66.5 cm³/mol. The fourth-order valence-corrected chi connectivity index (χ4v) is 3.48. The SMILES string of the molecule is CNC(CO)CCN1CCCC2CCCC21. The Morgan fingerprint density at radius 2 is 2.12 bits per heavy atom. The van der Waals surface area contributed by atoms with Gasteiger partial charge in [-0.05, 0) is 51.6 Å². The molecule has 1 heterocycles. The van der Waals surface area contributed by atoms with Crippen molar-refractivity contribution in [1.82, 2.24) is 10.2 Å². The van der Waals surface area contributed by atoms with E-state index in [0.717, 1.165) is 24.9 Å². The summed E-state index contributed by atoms with van der Waals surface area (Å²) in [6.45, 7) is 2.70. The number of likely N-dealkylation sites (N-methyl/N-ethyl adjacent to an activating group) is 1. The predicted octanol–water partition coefficient (Wildman–Crippen LogP) is 1.22. The second kappa shape index (κ2) is 5.99. The fraction of sp³-hybridized carbons (Fsp3) is 1.00. The molecular formula is C13H26N2O. The number of likely N-dealkylation sites (tertiary alicyclic amines) is 1. The van der Waals surface area contributed by atoms with E-state index in [-0.39, 0.29) is 12.6 Å². The number of piperidine rings is 1. The highest BCUT2D eigenvalue weighted by atomic mass is 16.3. The smallest absolute Gasteiger partial charge is 0.0585 e. The Labute approximate surface area is 99.2 Å². The van der Waals surface area contributed by atoms with Gasteiger partial charge in [0, 0.05) is 18.6 Å². The van der Waals surface area contributed by atoms with Gasteiger partial charge >= 0.3 is 0 Å². The highest BCUT2D eigenvalue weighted by Gasteiger charge is 2.34. The Balaban J connectivity index is 1.79. The molecule has 94 valence electrons. The normalized spacial score (nSPS) is 32.6. The van der Waals surface area contributed by atoms with Crippen molar-refractivity contribution in [3.8, 4) is 0 Å². The molecule has 3 unspecified atom stereocenters. The lowest BCUT2D eigenvalue weighted by molar-refractivity contribution is 0.104. The van der Waals surface area contributed by atoms with Crippen LogP contribution >= 0.6 is 0 Å². The van der Waals surface area contributed by atoms with Gasteiger partial charge in [0.25, 0.3) is 0 Å². The van der Waals surface area contributed by atoms with Crippen LogP contribution in [-0.4, -0.2) is 48.8 Å². The fourth-order valence-electron chi connectivity index (χ4n) is 3.48. The van der Waals surface area contributed by atoms with Crippen molar-refractivity contribution >= 4 is 0 Å². The lowest BCUT2D eigenvalue weighted by Crippen LogP contribution is -2.44. The molecule has 2 N–H and O–H groups in total. The van der Waals surface area contributed by atoms with E-state index in [1.54, 1.807) is 0 Å². The zero-order chi connectivity index (χ0) is 11.4. The van der Waals surface area contributed by atoms with Crippen molar-refractivity contribution in [2.24, 2.45) is 5.92 Å². The third-order valence-corrected chi connectivity index (χ3v) is 4.50. The molecule has 3 heteroatoms. The van der Waals surface area contributed by atoms with Crippen molar-refractivity contribution in [3.63, 3.8) is 0 Å². The topological polar surface area (TPSA) is 35.5 Å². The highest BCUT2D eigenvalue weighted by Crippen LogP contribution is 2.36. The largest absolute Gasteiger partial charge is 0.395 e. The van der Waals surface area contributed by atoms with Crippen LogP contribution in [0.15, 0.2) is 0 Å². The van der Waals surface area contributed by atoms with Gasteiger partial charge in [-0.15, -0.1) is 0 Å². The molecule has 3 atom stereocenters. The number of aliphatic hydroxyl groups excluding tert-OH is 1. The van der Waals surface area contributed by atoms with Gasteiger partial charge in [-0.2, -0.15) is 0 Å². The van der Waals surface area contributed by atoms with Gasteiger partial charge in [-0.25, -0.2) is 0 Å². The number of fused-ring (bicyclic) bond motifs is 1. The Hall–Kier alpha value is -0.120. The molecule has 0 bridgehead atoms. The first-order valence-electron chi connectivity index (χ1n) is 6.87. The van der Waals surface area contributed by atoms with Crippen LogP contribution in [0.2, 0.25) is 0 Å². The lowest BCUT2D eigenvalue weighted by Gasteiger charge is -2.38. The minimum absolute atomic E-state index is 0.262. The molecule has 3 nitrogen and oxygen atoms in total. The zero-order valence-corrected chi connectivity index (χ0v) is 10.5. The maximum absolute atomic E-state index is 9.16. The summed E-state index contributed by atoms with van der Waals surface area (Å²) in [5.74, 6) is 0.982. The average Bonchev–Trinajstić information content (AvgIpc) is 2.79. The molecule has 0 spiro atoms. The summed E-state index contributed by atoms with van der Waals surface area (Å²) in [5.41, 5.74) is 0. The van der Waals surface area contributed by atoms with E-state index >= 15 is 0 Å². The molecule has 0 aromatic rings. The maximum atomic E-state index is 9.16. The van der Waals surface area contributed by atoms with E-state index in [2.05, 4.69) is 10.2 Å². The number of nitrogens with one attached hydrogen (secondary N) is 1. The van der Waals surface area contributed by atoms with Crippen molar-refractivity contribution < 1.29 is 5.11 Å². The quantitative estimate of drug-likeness (QED) is 0.740. The van der Waals surface area contributed by atoms with E-state index in [9.17, 15) is 0 Å². The molecule has 2 aliphatic rings. The molecule has 2 fully saturated rings. The van der Waals surface area contributed by atoms with E-state index in [1.807, 2.05) is 7.05 Å². The molecule has 1 aliphatic heterocycles. The van der Waals surface area contributed by atoms with Crippen LogP contribution in [0.3, 0.4) is 0 Å². The third kappa shape index (κ3) is 2.76. The van der Waals surface area contributed by atoms with E-state index in [0.29, 0.717) is 0 Å². The van der Waals surface area contributed by atoms with Crippen molar-refractivity contribution in [2.75, 3.05) is 26.7 Å². The number of hydrogen-bond donors (Lipinski definition) is 2. The molecule has 0 aromatic heterocycles. The second-order valence-electron chi connectivity index (χ2n) is 5.39. The molecule has 16 heavy (non-hydrogen) atoms. The van der Waals surface area contributed by atoms with Crippen LogP contribution in [0.1, 0.15) is 38.5 Å². The molecule has 2 rings (SSSR count). The van der Waals surface area contributed by atoms with Gasteiger partial charge in [0.05, 0.1) is 6.61 Å². The summed E-state index contributed by atoms with van der Waals surface area (Å²) in [5, 5.41) is 12.3. The van der Waals surface area contributed by atoms with Gasteiger partial charge in [-0.1, -0.05) is 6.42 Å². The molecular weight excluding hydrogens is 200 g/mol. The van der Waals surface area contributed by atoms with Crippen molar-refractivity contribution in [1.29, 1.82) is 0 Å². The number of aliphatic hydroxyl groups is 1. The number of hydrogen-bond acceptors (Lipinski definition) is 3. The van der Waals surface area contributed by atoms with E-state index < -0.39 is 0 Å². The van der Waals surface area contributed by atoms with Crippen LogP contribution in [-0.2, 0) is 0 Å². The van der Waals surface area contributed by atoms with Gasteiger partial charge in [0.15, 0.2) is 0 Å². The first-order valence-corrected chi connectivity index (χ1v) is 6.87. The first kappa shape index (κ1) is 12.3. The molecule has 1 aliphatic carbocycles. The van der Waals surface area contributed by atoms with Crippen molar-refractivity contribution in [3.05, 3.63) is 0 Å². The van der Waals surface area contributed by atoms with Crippen LogP contribution in [0.25, 0.3) is 0 Å². The third-order valence-electron chi connectivity index (χ3n) is 4.50. The number of nitrogens with zero attached hydrogens (tertiary/aromatic N) is 1. The standard InChI is InChI=1S/C13H26N2O/c1-14-12(10-16)7-9-15-8-3-5-11-4-2-6-13(11)15/h11-14,16H,2-10H2,1H3. The monoisotopic (exact) mass is 226 g/mol. The summed E-state index contributed by atoms with van der Waals surface area (Å²) in [4.78, 5) is 2.68. The average molecular weight is 226 g/mol. The van der Waals surface area contributed by atoms with E-state index in [4.69, 9.17) is 5.11 Å². The Bertz CT molecular complexity index is 206. The minimum Gasteiger partial charge on any atom is -0.395 e. The second-order valence-corrected chi connectivity index (χ2v) is 5.39. The van der Waals surface area contributed by atoms with Gasteiger partial charge in [0.2, 0.25) is 0 Å². The lowest BCUT2D eigenvalue weighted by atomic mass is 9.91.